The van der Waals surface area contributed by atoms with Crippen LogP contribution in [0.15, 0.2) is 36.5 Å². The maximum Gasteiger partial charge on any atom is 0.245 e. The fraction of sp³-hybridized carbons (Fsp3) is 0.267. The molecule has 0 aliphatic heterocycles. The fourth-order valence-corrected chi connectivity index (χ4v) is 2.33. The molecule has 1 aliphatic rings. The third-order valence-corrected chi connectivity index (χ3v) is 3.57. The zero-order valence-corrected chi connectivity index (χ0v) is 11.9. The van der Waals surface area contributed by atoms with Crippen LogP contribution in [0.4, 0.5) is 10.3 Å². The van der Waals surface area contributed by atoms with Gasteiger partial charge in [0.2, 0.25) is 17.7 Å². The Morgan fingerprint density at radius 1 is 1.36 bits per heavy atom. The van der Waals surface area contributed by atoms with Gasteiger partial charge in [-0.3, -0.25) is 15.6 Å². The number of hydrogen-bond acceptors (Lipinski definition) is 5. The van der Waals surface area contributed by atoms with Gasteiger partial charge in [-0.05, 0) is 24.0 Å². The summed E-state index contributed by atoms with van der Waals surface area (Å²) in [5.41, 5.74) is 5.75. The highest BCUT2D eigenvalue weighted by Crippen LogP contribution is 2.48. The predicted molar refractivity (Wildman–Crippen MR) is 77.6 cm³/mol. The van der Waals surface area contributed by atoms with Gasteiger partial charge in [0.1, 0.15) is 5.82 Å². The van der Waals surface area contributed by atoms with Crippen LogP contribution < -0.4 is 15.6 Å². The van der Waals surface area contributed by atoms with Crippen LogP contribution in [0.2, 0.25) is 0 Å². The number of nitrogens with one attached hydrogen (secondary N) is 2. The van der Waals surface area contributed by atoms with Gasteiger partial charge >= 0.3 is 0 Å². The van der Waals surface area contributed by atoms with E-state index in [0.29, 0.717) is 17.9 Å². The number of hydrazine groups is 1. The van der Waals surface area contributed by atoms with Crippen molar-refractivity contribution in [2.45, 2.75) is 12.3 Å². The van der Waals surface area contributed by atoms with Crippen molar-refractivity contribution < 1.29 is 13.9 Å². The van der Waals surface area contributed by atoms with Gasteiger partial charge in [0.25, 0.3) is 0 Å². The van der Waals surface area contributed by atoms with E-state index < -0.39 is 0 Å². The summed E-state index contributed by atoms with van der Waals surface area (Å²) in [6.07, 6.45) is 2.15. The Bertz CT molecular complexity index is 695. The lowest BCUT2D eigenvalue weighted by atomic mass is 10.1. The molecule has 1 aromatic heterocycles. The number of nitrogens with zero attached hydrogens (tertiary/aromatic N) is 2. The molecule has 0 bridgehead atoms. The van der Waals surface area contributed by atoms with E-state index in [1.807, 2.05) is 0 Å². The van der Waals surface area contributed by atoms with Crippen LogP contribution in [0.3, 0.4) is 0 Å². The van der Waals surface area contributed by atoms with Crippen molar-refractivity contribution in [1.82, 2.24) is 15.4 Å². The van der Waals surface area contributed by atoms with Crippen LogP contribution in [0.25, 0.3) is 0 Å². The summed E-state index contributed by atoms with van der Waals surface area (Å²) in [4.78, 5) is 20.0. The van der Waals surface area contributed by atoms with Crippen LogP contribution in [0.1, 0.15) is 17.9 Å². The molecular formula is C15H15FN4O2. The van der Waals surface area contributed by atoms with Crippen LogP contribution >= 0.6 is 0 Å². The van der Waals surface area contributed by atoms with Gasteiger partial charge < -0.3 is 4.74 Å². The molecule has 1 fully saturated rings. The average Bonchev–Trinajstić information content (AvgIpc) is 3.34. The maximum atomic E-state index is 13.7. The molecule has 0 radical (unpaired) electrons. The number of hydrogen-bond donors (Lipinski definition) is 2. The number of amides is 1. The minimum atomic E-state index is -0.271. The normalized spacial score (nSPS) is 19.4. The molecule has 22 heavy (non-hydrogen) atoms. The van der Waals surface area contributed by atoms with Crippen molar-refractivity contribution in [3.8, 4) is 5.88 Å². The molecule has 3 rings (SSSR count). The van der Waals surface area contributed by atoms with Gasteiger partial charge in [0.05, 0.1) is 7.11 Å². The largest absolute Gasteiger partial charge is 0.481 e. The van der Waals surface area contributed by atoms with Crippen molar-refractivity contribution in [3.63, 3.8) is 0 Å². The summed E-state index contributed by atoms with van der Waals surface area (Å²) in [5, 5.41) is 0. The predicted octanol–water partition coefficient (Wildman–Crippen LogP) is 1.87. The third-order valence-electron chi connectivity index (χ3n) is 3.57. The first kappa shape index (κ1) is 14.2. The van der Waals surface area contributed by atoms with Crippen molar-refractivity contribution in [2.24, 2.45) is 5.92 Å². The Kier molecular flexibility index (Phi) is 3.86. The lowest BCUT2D eigenvalue weighted by molar-refractivity contribution is -0.121. The van der Waals surface area contributed by atoms with Crippen molar-refractivity contribution in [2.75, 3.05) is 12.5 Å². The molecule has 1 aliphatic carbocycles. The van der Waals surface area contributed by atoms with E-state index in [2.05, 4.69) is 20.8 Å². The Morgan fingerprint density at radius 3 is 2.95 bits per heavy atom. The summed E-state index contributed by atoms with van der Waals surface area (Å²) >= 11 is 0. The van der Waals surface area contributed by atoms with Gasteiger partial charge in [0, 0.05) is 18.2 Å². The van der Waals surface area contributed by atoms with E-state index in [1.165, 1.54) is 19.4 Å². The average molecular weight is 302 g/mol. The molecule has 1 aromatic carbocycles. The van der Waals surface area contributed by atoms with Crippen LogP contribution in [0.5, 0.6) is 5.88 Å². The monoisotopic (exact) mass is 302 g/mol. The smallest absolute Gasteiger partial charge is 0.245 e. The van der Waals surface area contributed by atoms with Crippen LogP contribution in [0, 0.1) is 11.7 Å². The number of anilines is 1. The van der Waals surface area contributed by atoms with Gasteiger partial charge in [-0.25, -0.2) is 9.37 Å². The highest BCUT2D eigenvalue weighted by Gasteiger charge is 2.45. The zero-order chi connectivity index (χ0) is 15.5. The molecule has 1 saturated carbocycles. The van der Waals surface area contributed by atoms with Gasteiger partial charge in [-0.2, -0.15) is 4.98 Å². The number of carbonyl (C=O) groups excluding carboxylic acids is 1. The second-order valence-corrected chi connectivity index (χ2v) is 5.01. The summed E-state index contributed by atoms with van der Waals surface area (Å²) in [7, 11) is 1.49. The van der Waals surface area contributed by atoms with E-state index in [9.17, 15) is 9.18 Å². The van der Waals surface area contributed by atoms with E-state index in [4.69, 9.17) is 4.74 Å². The van der Waals surface area contributed by atoms with Crippen LogP contribution in [-0.2, 0) is 4.79 Å². The Balaban J connectivity index is 1.57. The van der Waals surface area contributed by atoms with Crippen molar-refractivity contribution in [1.29, 1.82) is 0 Å². The number of carbonyl (C=O) groups is 1. The highest BCUT2D eigenvalue weighted by atomic mass is 19.1. The summed E-state index contributed by atoms with van der Waals surface area (Å²) < 4.78 is 18.6. The zero-order valence-electron chi connectivity index (χ0n) is 11.9. The molecule has 2 N–H and O–H groups in total. The van der Waals surface area contributed by atoms with E-state index in [-0.39, 0.29) is 29.5 Å². The minimum Gasteiger partial charge on any atom is -0.481 e. The molecule has 1 amide bonds. The summed E-state index contributed by atoms with van der Waals surface area (Å²) in [5.74, 6) is -0.172. The standard InChI is InChI=1S/C15H15FN4O2/c1-22-13-6-7-17-15(18-13)20-19-14(21)11-8-10(11)9-4-2-3-5-12(9)16/h2-7,10-11H,8H2,1H3,(H,19,21)(H,17,18,20)/t10-,11-/m1/s1. The number of rotatable bonds is 5. The van der Waals surface area contributed by atoms with Crippen LogP contribution in [-0.4, -0.2) is 23.0 Å². The summed E-state index contributed by atoms with van der Waals surface area (Å²) in [6, 6.07) is 8.13. The Labute approximate surface area is 126 Å². The number of aromatic nitrogens is 2. The first-order chi connectivity index (χ1) is 10.7. The maximum absolute atomic E-state index is 13.7. The molecule has 2 aromatic rings. The fourth-order valence-electron chi connectivity index (χ4n) is 2.33. The lowest BCUT2D eigenvalue weighted by Gasteiger charge is -2.07. The molecule has 6 nitrogen and oxygen atoms in total. The topological polar surface area (TPSA) is 76.1 Å². The second kappa shape index (κ2) is 5.97. The molecule has 7 heteroatoms. The van der Waals surface area contributed by atoms with E-state index in [0.717, 1.165) is 0 Å². The highest BCUT2D eigenvalue weighted by molar-refractivity contribution is 5.83. The lowest BCUT2D eigenvalue weighted by Crippen LogP contribution is -2.32. The minimum absolute atomic E-state index is 0.0748. The number of halogens is 1. The van der Waals surface area contributed by atoms with E-state index in [1.54, 1.807) is 24.3 Å². The molecular weight excluding hydrogens is 287 g/mol. The first-order valence-electron chi connectivity index (χ1n) is 6.86. The SMILES string of the molecule is COc1ccnc(NNC(=O)[C@@H]2C[C@@H]2c2ccccc2F)n1. The first-order valence-corrected chi connectivity index (χ1v) is 6.86. The van der Waals surface area contributed by atoms with Gasteiger partial charge in [0.15, 0.2) is 0 Å². The third kappa shape index (κ3) is 2.98. The van der Waals surface area contributed by atoms with Gasteiger partial charge in [-0.1, -0.05) is 18.2 Å². The number of methoxy groups -OCH3 is 1. The summed E-state index contributed by atoms with van der Waals surface area (Å²) in [6.45, 7) is 0. The Hall–Kier alpha value is -2.70. The van der Waals surface area contributed by atoms with Crippen molar-refractivity contribution in [3.05, 3.63) is 47.9 Å². The molecule has 1 heterocycles. The quantitative estimate of drug-likeness (QED) is 0.825. The molecule has 0 saturated heterocycles. The molecule has 114 valence electrons. The van der Waals surface area contributed by atoms with Crippen molar-refractivity contribution >= 4 is 11.9 Å². The molecule has 0 unspecified atom stereocenters. The number of benzene rings is 1. The molecule has 0 spiro atoms. The van der Waals surface area contributed by atoms with E-state index >= 15 is 0 Å². The van der Waals surface area contributed by atoms with Gasteiger partial charge in [-0.15, -0.1) is 0 Å². The molecule has 2 atom stereocenters. The number of ether oxygens (including phenoxy) is 1. The Morgan fingerprint density at radius 2 is 2.18 bits per heavy atom. The second-order valence-electron chi connectivity index (χ2n) is 5.01.